The van der Waals surface area contributed by atoms with Gasteiger partial charge in [-0.3, -0.25) is 4.79 Å². The van der Waals surface area contributed by atoms with Crippen LogP contribution in [0.1, 0.15) is 25.8 Å². The summed E-state index contributed by atoms with van der Waals surface area (Å²) in [7, 11) is 1.72. The number of rotatable bonds is 7. The number of nitrogens with zero attached hydrogens (tertiary/aromatic N) is 1. The van der Waals surface area contributed by atoms with E-state index in [2.05, 4.69) is 6.92 Å². The van der Waals surface area contributed by atoms with Crippen molar-refractivity contribution in [3.63, 3.8) is 0 Å². The highest BCUT2D eigenvalue weighted by Gasteiger charge is 2.11. The normalized spacial score (nSPS) is 12.0. The van der Waals surface area contributed by atoms with Crippen molar-refractivity contribution in [2.75, 3.05) is 20.2 Å². The zero-order valence-corrected chi connectivity index (χ0v) is 11.9. The molecule has 0 aliphatic rings. The molecule has 1 N–H and O–H groups in total. The molecule has 106 valence electrons. The van der Waals surface area contributed by atoms with E-state index in [-0.39, 0.29) is 12.5 Å². The van der Waals surface area contributed by atoms with Gasteiger partial charge in [0.1, 0.15) is 5.75 Å². The molecular formula is C15H23NO3. The van der Waals surface area contributed by atoms with Crippen molar-refractivity contribution in [3.8, 4) is 5.75 Å². The van der Waals surface area contributed by atoms with Crippen LogP contribution in [0.3, 0.4) is 0 Å². The predicted molar refractivity (Wildman–Crippen MR) is 75.2 cm³/mol. The zero-order chi connectivity index (χ0) is 14.3. The molecular weight excluding hydrogens is 242 g/mol. The maximum Gasteiger partial charge on any atom is 0.260 e. The molecule has 4 nitrogen and oxygen atoms in total. The number of para-hydroxylation sites is 1. The molecule has 1 amide bonds. The quantitative estimate of drug-likeness (QED) is 0.818. The van der Waals surface area contributed by atoms with Gasteiger partial charge >= 0.3 is 0 Å². The Morgan fingerprint density at radius 2 is 2.11 bits per heavy atom. The van der Waals surface area contributed by atoms with Gasteiger partial charge in [-0.1, -0.05) is 25.1 Å². The van der Waals surface area contributed by atoms with Gasteiger partial charge in [0.25, 0.3) is 5.91 Å². The summed E-state index contributed by atoms with van der Waals surface area (Å²) in [6.07, 6.45) is 1.06. The van der Waals surface area contributed by atoms with Gasteiger partial charge in [-0.2, -0.15) is 0 Å². The predicted octanol–water partition coefficient (Wildman–Crippen LogP) is 1.86. The van der Waals surface area contributed by atoms with Crippen molar-refractivity contribution in [1.29, 1.82) is 0 Å². The van der Waals surface area contributed by atoms with Gasteiger partial charge in [-0.25, -0.2) is 0 Å². The van der Waals surface area contributed by atoms with Crippen molar-refractivity contribution in [2.45, 2.75) is 32.8 Å². The van der Waals surface area contributed by atoms with Crippen LogP contribution in [0.4, 0.5) is 0 Å². The number of amides is 1. The number of hydrogen-bond acceptors (Lipinski definition) is 3. The third-order valence-electron chi connectivity index (χ3n) is 3.01. The molecule has 4 heteroatoms. The first-order chi connectivity index (χ1) is 9.04. The molecule has 1 aromatic rings. The Hall–Kier alpha value is -1.55. The van der Waals surface area contributed by atoms with Crippen LogP contribution in [0.15, 0.2) is 24.3 Å². The number of carbonyl (C=O) groups is 1. The van der Waals surface area contributed by atoms with E-state index in [0.29, 0.717) is 13.0 Å². The van der Waals surface area contributed by atoms with Crippen molar-refractivity contribution < 1.29 is 14.6 Å². The number of aliphatic hydroxyl groups excluding tert-OH is 1. The summed E-state index contributed by atoms with van der Waals surface area (Å²) in [5, 5.41) is 9.19. The summed E-state index contributed by atoms with van der Waals surface area (Å²) < 4.78 is 5.56. The van der Waals surface area contributed by atoms with Crippen molar-refractivity contribution in [3.05, 3.63) is 29.8 Å². The Morgan fingerprint density at radius 1 is 1.42 bits per heavy atom. The Labute approximate surface area is 115 Å². The number of carbonyl (C=O) groups excluding carboxylic acids is 1. The Balaban J connectivity index is 2.45. The Bertz CT molecular complexity index is 404. The molecule has 0 aromatic heterocycles. The lowest BCUT2D eigenvalue weighted by atomic mass is 10.1. The molecule has 1 aromatic carbocycles. The van der Waals surface area contributed by atoms with Crippen LogP contribution >= 0.6 is 0 Å². The summed E-state index contributed by atoms with van der Waals surface area (Å²) in [5.74, 6) is 0.689. The van der Waals surface area contributed by atoms with E-state index in [4.69, 9.17) is 4.74 Å². The van der Waals surface area contributed by atoms with E-state index in [1.807, 2.05) is 24.3 Å². The van der Waals surface area contributed by atoms with Crippen molar-refractivity contribution in [1.82, 2.24) is 4.90 Å². The molecule has 0 saturated carbocycles. The van der Waals surface area contributed by atoms with Crippen LogP contribution in [0, 0.1) is 0 Å². The monoisotopic (exact) mass is 265 g/mol. The fourth-order valence-electron chi connectivity index (χ4n) is 1.69. The van der Waals surface area contributed by atoms with Gasteiger partial charge < -0.3 is 14.7 Å². The lowest BCUT2D eigenvalue weighted by molar-refractivity contribution is -0.132. The van der Waals surface area contributed by atoms with Gasteiger partial charge in [0.15, 0.2) is 6.61 Å². The first-order valence-electron chi connectivity index (χ1n) is 6.67. The van der Waals surface area contributed by atoms with Gasteiger partial charge in [-0.15, -0.1) is 0 Å². The van der Waals surface area contributed by atoms with Crippen LogP contribution in [0.5, 0.6) is 5.75 Å². The summed E-state index contributed by atoms with van der Waals surface area (Å²) in [6, 6.07) is 7.73. The minimum absolute atomic E-state index is 0.0350. The van der Waals surface area contributed by atoms with E-state index >= 15 is 0 Å². The second-order valence-corrected chi connectivity index (χ2v) is 4.70. The molecule has 0 aliphatic heterocycles. The molecule has 1 unspecified atom stereocenters. The molecule has 0 saturated heterocycles. The Morgan fingerprint density at radius 3 is 2.74 bits per heavy atom. The summed E-state index contributed by atoms with van der Waals surface area (Å²) in [5.41, 5.74) is 1.10. The van der Waals surface area contributed by atoms with Gasteiger partial charge in [0, 0.05) is 13.6 Å². The average Bonchev–Trinajstić information content (AvgIpc) is 2.42. The van der Waals surface area contributed by atoms with Crippen LogP contribution in [-0.2, 0) is 11.2 Å². The smallest absolute Gasteiger partial charge is 0.260 e. The van der Waals surface area contributed by atoms with E-state index in [9.17, 15) is 9.90 Å². The molecule has 1 atom stereocenters. The van der Waals surface area contributed by atoms with E-state index in [1.54, 1.807) is 18.9 Å². The number of aliphatic hydroxyl groups is 1. The molecule has 19 heavy (non-hydrogen) atoms. The fraction of sp³-hybridized carbons (Fsp3) is 0.533. The van der Waals surface area contributed by atoms with E-state index in [0.717, 1.165) is 17.7 Å². The molecule has 0 fully saturated rings. The summed E-state index contributed by atoms with van der Waals surface area (Å²) >= 11 is 0. The molecule has 0 spiro atoms. The maximum atomic E-state index is 11.8. The third kappa shape index (κ3) is 5.30. The largest absolute Gasteiger partial charge is 0.483 e. The highest BCUT2D eigenvalue weighted by molar-refractivity contribution is 5.77. The molecule has 0 aliphatic carbocycles. The molecule has 0 bridgehead atoms. The number of hydrogen-bond donors (Lipinski definition) is 1. The molecule has 1 rings (SSSR count). The lowest BCUT2D eigenvalue weighted by Crippen LogP contribution is -2.33. The van der Waals surface area contributed by atoms with Crippen molar-refractivity contribution in [2.24, 2.45) is 0 Å². The van der Waals surface area contributed by atoms with Crippen LogP contribution < -0.4 is 4.74 Å². The number of benzene rings is 1. The summed E-state index contributed by atoms with van der Waals surface area (Å²) in [6.45, 7) is 4.34. The van der Waals surface area contributed by atoms with E-state index < -0.39 is 6.10 Å². The molecule has 0 radical (unpaired) electrons. The average molecular weight is 265 g/mol. The van der Waals surface area contributed by atoms with Gasteiger partial charge in [0.2, 0.25) is 0 Å². The first-order valence-corrected chi connectivity index (χ1v) is 6.67. The Kier molecular flexibility index (Phi) is 6.36. The number of likely N-dealkylation sites (N-methyl/N-ethyl adjacent to an activating group) is 1. The lowest BCUT2D eigenvalue weighted by Gasteiger charge is -2.18. The van der Waals surface area contributed by atoms with Crippen LogP contribution in [0.25, 0.3) is 0 Å². The zero-order valence-electron chi connectivity index (χ0n) is 11.9. The van der Waals surface area contributed by atoms with Gasteiger partial charge in [0.05, 0.1) is 6.10 Å². The number of ether oxygens (including phenoxy) is 1. The topological polar surface area (TPSA) is 49.8 Å². The van der Waals surface area contributed by atoms with Crippen LogP contribution in [0.2, 0.25) is 0 Å². The van der Waals surface area contributed by atoms with E-state index in [1.165, 1.54) is 0 Å². The van der Waals surface area contributed by atoms with Crippen molar-refractivity contribution >= 4 is 5.91 Å². The number of aryl methyl sites for hydroxylation is 1. The highest BCUT2D eigenvalue weighted by Crippen LogP contribution is 2.18. The fourth-order valence-corrected chi connectivity index (χ4v) is 1.69. The minimum atomic E-state index is -0.392. The second kappa shape index (κ2) is 7.79. The maximum absolute atomic E-state index is 11.8. The first kappa shape index (κ1) is 15.5. The minimum Gasteiger partial charge on any atom is -0.483 e. The second-order valence-electron chi connectivity index (χ2n) is 4.70. The third-order valence-corrected chi connectivity index (χ3v) is 3.01. The van der Waals surface area contributed by atoms with Gasteiger partial charge in [-0.05, 0) is 31.4 Å². The molecule has 0 heterocycles. The summed E-state index contributed by atoms with van der Waals surface area (Å²) in [4.78, 5) is 13.4. The standard InChI is InChI=1S/C15H23NO3/c1-4-13-7-5-6-8-14(13)19-11-15(18)16(3)10-9-12(2)17/h5-8,12,17H,4,9-11H2,1-3H3. The van der Waals surface area contributed by atoms with Crippen LogP contribution in [-0.4, -0.2) is 42.2 Å². The SMILES string of the molecule is CCc1ccccc1OCC(=O)N(C)CCC(C)O. The highest BCUT2D eigenvalue weighted by atomic mass is 16.5.